The van der Waals surface area contributed by atoms with Crippen molar-refractivity contribution in [1.29, 1.82) is 0 Å². The minimum atomic E-state index is -4.44. The molecule has 2 rings (SSSR count). The summed E-state index contributed by atoms with van der Waals surface area (Å²) in [5.74, 6) is -0.694. The second kappa shape index (κ2) is 6.01. The number of nitrogens with one attached hydrogen (secondary N) is 1. The van der Waals surface area contributed by atoms with Crippen molar-refractivity contribution in [2.75, 3.05) is 5.32 Å². The normalized spacial score (nSPS) is 11.1. The van der Waals surface area contributed by atoms with E-state index in [0.717, 1.165) is 24.3 Å². The highest BCUT2D eigenvalue weighted by Crippen LogP contribution is 2.29. The molecule has 1 N–H and O–H groups in total. The van der Waals surface area contributed by atoms with E-state index in [2.05, 4.69) is 5.32 Å². The molecule has 0 heterocycles. The second-order valence-electron chi connectivity index (χ2n) is 4.67. The molecule has 114 valence electrons. The number of carbonyl (C=O) groups is 2. The van der Waals surface area contributed by atoms with Gasteiger partial charge in [0.25, 0.3) is 5.91 Å². The first-order valence-electron chi connectivity index (χ1n) is 6.37. The van der Waals surface area contributed by atoms with E-state index in [1.165, 1.54) is 13.0 Å². The van der Waals surface area contributed by atoms with Gasteiger partial charge in [-0.3, -0.25) is 9.59 Å². The summed E-state index contributed by atoms with van der Waals surface area (Å²) in [6.45, 7) is 1.40. The van der Waals surface area contributed by atoms with Crippen LogP contribution < -0.4 is 5.32 Å². The molecule has 6 heteroatoms. The van der Waals surface area contributed by atoms with E-state index in [0.29, 0.717) is 11.3 Å². The minimum Gasteiger partial charge on any atom is -0.322 e. The number of hydrogen-bond acceptors (Lipinski definition) is 2. The smallest absolute Gasteiger partial charge is 0.322 e. The van der Waals surface area contributed by atoms with Crippen LogP contribution in [0.3, 0.4) is 0 Å². The molecule has 0 aromatic heterocycles. The molecule has 2 aromatic carbocycles. The predicted octanol–water partition coefficient (Wildman–Crippen LogP) is 4.16. The molecule has 0 aliphatic carbocycles. The summed E-state index contributed by atoms with van der Waals surface area (Å²) in [5, 5.41) is 2.54. The van der Waals surface area contributed by atoms with E-state index in [1.54, 1.807) is 18.2 Å². The molecule has 0 saturated heterocycles. The molecule has 2 aromatic rings. The van der Waals surface area contributed by atoms with Crippen molar-refractivity contribution < 1.29 is 22.8 Å². The van der Waals surface area contributed by atoms with Crippen LogP contribution in [0, 0.1) is 0 Å². The van der Waals surface area contributed by atoms with E-state index >= 15 is 0 Å². The van der Waals surface area contributed by atoms with Crippen LogP contribution in [-0.4, -0.2) is 11.7 Å². The average molecular weight is 307 g/mol. The first-order valence-corrected chi connectivity index (χ1v) is 6.37. The van der Waals surface area contributed by atoms with Crippen LogP contribution in [0.25, 0.3) is 0 Å². The molecule has 0 aliphatic heterocycles. The SMILES string of the molecule is CC(=O)c1cccc(NC(=O)c2ccc(C(F)(F)F)cc2)c1. The highest BCUT2D eigenvalue weighted by atomic mass is 19.4. The molecule has 0 atom stereocenters. The zero-order valence-electron chi connectivity index (χ0n) is 11.6. The number of rotatable bonds is 3. The third kappa shape index (κ3) is 3.72. The molecule has 0 saturated carbocycles. The van der Waals surface area contributed by atoms with Crippen molar-refractivity contribution in [1.82, 2.24) is 0 Å². The molecule has 0 aliphatic rings. The van der Waals surface area contributed by atoms with Crippen LogP contribution in [0.1, 0.15) is 33.2 Å². The van der Waals surface area contributed by atoms with Crippen LogP contribution >= 0.6 is 0 Å². The number of carbonyl (C=O) groups excluding carboxylic acids is 2. The molecule has 0 bridgehead atoms. The number of anilines is 1. The molecule has 0 unspecified atom stereocenters. The largest absolute Gasteiger partial charge is 0.416 e. The highest BCUT2D eigenvalue weighted by Gasteiger charge is 2.30. The molecule has 3 nitrogen and oxygen atoms in total. The summed E-state index contributed by atoms with van der Waals surface area (Å²) in [7, 11) is 0. The lowest BCUT2D eigenvalue weighted by Crippen LogP contribution is -2.13. The van der Waals surface area contributed by atoms with Gasteiger partial charge in [-0.15, -0.1) is 0 Å². The van der Waals surface area contributed by atoms with E-state index in [9.17, 15) is 22.8 Å². The van der Waals surface area contributed by atoms with Crippen LogP contribution in [0.5, 0.6) is 0 Å². The fraction of sp³-hybridized carbons (Fsp3) is 0.125. The number of benzene rings is 2. The Morgan fingerprint density at radius 3 is 2.14 bits per heavy atom. The topological polar surface area (TPSA) is 46.2 Å². The van der Waals surface area contributed by atoms with Crippen LogP contribution in [0.4, 0.5) is 18.9 Å². The molecular formula is C16H12F3NO2. The molecule has 0 spiro atoms. The van der Waals surface area contributed by atoms with Gasteiger partial charge < -0.3 is 5.32 Å². The maximum Gasteiger partial charge on any atom is 0.416 e. The number of amides is 1. The third-order valence-electron chi connectivity index (χ3n) is 3.00. The highest BCUT2D eigenvalue weighted by molar-refractivity contribution is 6.05. The average Bonchev–Trinajstić information content (AvgIpc) is 2.46. The second-order valence-corrected chi connectivity index (χ2v) is 4.67. The van der Waals surface area contributed by atoms with Gasteiger partial charge in [-0.1, -0.05) is 12.1 Å². The Labute approximate surface area is 124 Å². The van der Waals surface area contributed by atoms with Crippen molar-refractivity contribution in [2.45, 2.75) is 13.1 Å². The molecule has 1 amide bonds. The Kier molecular flexibility index (Phi) is 4.30. The first kappa shape index (κ1) is 15.8. The predicted molar refractivity (Wildman–Crippen MR) is 75.8 cm³/mol. The molecule has 22 heavy (non-hydrogen) atoms. The van der Waals surface area contributed by atoms with Gasteiger partial charge in [0.05, 0.1) is 5.56 Å². The molecular weight excluding hydrogens is 295 g/mol. The zero-order valence-corrected chi connectivity index (χ0v) is 11.6. The Morgan fingerprint density at radius 1 is 0.955 bits per heavy atom. The van der Waals surface area contributed by atoms with Gasteiger partial charge in [0.2, 0.25) is 0 Å². The monoisotopic (exact) mass is 307 g/mol. The van der Waals surface area contributed by atoms with Crippen molar-refractivity contribution in [2.24, 2.45) is 0 Å². The van der Waals surface area contributed by atoms with Crippen molar-refractivity contribution >= 4 is 17.4 Å². The first-order chi connectivity index (χ1) is 10.3. The van der Waals surface area contributed by atoms with E-state index in [4.69, 9.17) is 0 Å². The third-order valence-corrected chi connectivity index (χ3v) is 3.00. The summed E-state index contributed by atoms with van der Waals surface area (Å²) in [5.41, 5.74) is 0.117. The summed E-state index contributed by atoms with van der Waals surface area (Å²) < 4.78 is 37.4. The lowest BCUT2D eigenvalue weighted by molar-refractivity contribution is -0.137. The number of hydrogen-bond donors (Lipinski definition) is 1. The van der Waals surface area contributed by atoms with Gasteiger partial charge >= 0.3 is 6.18 Å². The van der Waals surface area contributed by atoms with Gasteiger partial charge in [0, 0.05) is 16.8 Å². The van der Waals surface area contributed by atoms with Crippen LogP contribution in [0.15, 0.2) is 48.5 Å². The number of Topliss-reactive ketones (excluding diaryl/α,β-unsaturated/α-hetero) is 1. The minimum absolute atomic E-state index is 0.0984. The van der Waals surface area contributed by atoms with Crippen LogP contribution in [0.2, 0.25) is 0 Å². The fourth-order valence-electron chi connectivity index (χ4n) is 1.83. The number of ketones is 1. The number of alkyl halides is 3. The lowest BCUT2D eigenvalue weighted by atomic mass is 10.1. The maximum absolute atomic E-state index is 12.5. The van der Waals surface area contributed by atoms with Crippen molar-refractivity contribution in [3.63, 3.8) is 0 Å². The Morgan fingerprint density at radius 2 is 1.59 bits per heavy atom. The summed E-state index contributed by atoms with van der Waals surface area (Å²) >= 11 is 0. The summed E-state index contributed by atoms with van der Waals surface area (Å²) in [4.78, 5) is 23.2. The van der Waals surface area contributed by atoms with Gasteiger partial charge in [-0.2, -0.15) is 13.2 Å². The quantitative estimate of drug-likeness (QED) is 0.865. The Bertz CT molecular complexity index is 706. The van der Waals surface area contributed by atoms with Crippen molar-refractivity contribution in [3.8, 4) is 0 Å². The Hall–Kier alpha value is -2.63. The molecule has 0 radical (unpaired) electrons. The van der Waals surface area contributed by atoms with Gasteiger partial charge in [-0.05, 0) is 43.3 Å². The van der Waals surface area contributed by atoms with Crippen LogP contribution in [-0.2, 0) is 6.18 Å². The lowest BCUT2D eigenvalue weighted by Gasteiger charge is -2.09. The summed E-state index contributed by atoms with van der Waals surface area (Å²) in [6, 6.07) is 10.2. The van der Waals surface area contributed by atoms with E-state index < -0.39 is 17.6 Å². The zero-order chi connectivity index (χ0) is 16.3. The van der Waals surface area contributed by atoms with E-state index in [-0.39, 0.29) is 11.3 Å². The van der Waals surface area contributed by atoms with Crippen molar-refractivity contribution in [3.05, 3.63) is 65.2 Å². The standard InChI is InChI=1S/C16H12F3NO2/c1-10(21)12-3-2-4-14(9-12)20-15(22)11-5-7-13(8-6-11)16(17,18)19/h2-9H,1H3,(H,20,22). The Balaban J connectivity index is 2.15. The van der Waals surface area contributed by atoms with Gasteiger partial charge in [0.15, 0.2) is 5.78 Å². The van der Waals surface area contributed by atoms with Gasteiger partial charge in [-0.25, -0.2) is 0 Å². The number of halogens is 3. The summed E-state index contributed by atoms with van der Waals surface area (Å²) in [6.07, 6.45) is -4.44. The van der Waals surface area contributed by atoms with E-state index in [1.807, 2.05) is 0 Å². The fourth-order valence-corrected chi connectivity index (χ4v) is 1.83. The van der Waals surface area contributed by atoms with Gasteiger partial charge in [0.1, 0.15) is 0 Å². The maximum atomic E-state index is 12.5. The molecule has 0 fully saturated rings.